The average molecular weight is 320 g/mol. The largest absolute Gasteiger partial charge is 0.493 e. The Hall–Kier alpha value is -2.88. The molecule has 0 aliphatic carbocycles. The van der Waals surface area contributed by atoms with Gasteiger partial charge in [-0.2, -0.15) is 0 Å². The molecular weight excluding hydrogens is 300 g/mol. The summed E-state index contributed by atoms with van der Waals surface area (Å²) in [5.41, 5.74) is 3.74. The first-order chi connectivity index (χ1) is 11.6. The Morgan fingerprint density at radius 1 is 1.12 bits per heavy atom. The minimum atomic E-state index is -0.161. The molecule has 0 radical (unpaired) electrons. The van der Waals surface area contributed by atoms with Crippen molar-refractivity contribution in [3.05, 3.63) is 70.9 Å². The molecule has 0 unspecified atom stereocenters. The van der Waals surface area contributed by atoms with Crippen LogP contribution in [0.4, 0.5) is 0 Å². The first-order valence-electron chi connectivity index (χ1n) is 7.97. The standard InChI is InChI=1S/C20H20N2O2/c1-14-8-9-15(2)16(12-14)13-18-20(23)22-19(21-18)10-11-24-17-6-4-3-5-7-17/h3-9,12-13H,10-11H2,1-2H3,(H,21,22,23)/b18-13+. The van der Waals surface area contributed by atoms with E-state index in [9.17, 15) is 4.79 Å². The van der Waals surface area contributed by atoms with Gasteiger partial charge in [-0.15, -0.1) is 0 Å². The fourth-order valence-electron chi connectivity index (χ4n) is 2.48. The topological polar surface area (TPSA) is 50.7 Å². The monoisotopic (exact) mass is 320 g/mol. The van der Waals surface area contributed by atoms with Crippen molar-refractivity contribution in [2.75, 3.05) is 6.61 Å². The van der Waals surface area contributed by atoms with E-state index in [-0.39, 0.29) is 5.91 Å². The summed E-state index contributed by atoms with van der Waals surface area (Å²) < 4.78 is 5.64. The Bertz CT molecular complexity index is 808. The molecule has 0 spiro atoms. The highest BCUT2D eigenvalue weighted by atomic mass is 16.5. The minimum absolute atomic E-state index is 0.161. The zero-order chi connectivity index (χ0) is 16.9. The van der Waals surface area contributed by atoms with Crippen molar-refractivity contribution in [3.8, 4) is 5.75 Å². The van der Waals surface area contributed by atoms with Gasteiger partial charge in [0.15, 0.2) is 0 Å². The maximum atomic E-state index is 12.1. The SMILES string of the molecule is Cc1ccc(C)c(/C=C2/N=C(CCOc3ccccc3)NC2=O)c1. The van der Waals surface area contributed by atoms with E-state index >= 15 is 0 Å². The van der Waals surface area contributed by atoms with Gasteiger partial charge in [-0.3, -0.25) is 4.79 Å². The van der Waals surface area contributed by atoms with Crippen molar-refractivity contribution < 1.29 is 9.53 Å². The Morgan fingerprint density at radius 2 is 1.92 bits per heavy atom. The van der Waals surface area contributed by atoms with Gasteiger partial charge in [-0.05, 0) is 43.2 Å². The van der Waals surface area contributed by atoms with Gasteiger partial charge in [0.05, 0.1) is 6.61 Å². The third-order valence-electron chi connectivity index (χ3n) is 3.82. The number of hydrogen-bond acceptors (Lipinski definition) is 3. The van der Waals surface area contributed by atoms with Crippen molar-refractivity contribution >= 4 is 17.8 Å². The maximum absolute atomic E-state index is 12.1. The van der Waals surface area contributed by atoms with Crippen LogP contribution in [-0.2, 0) is 4.79 Å². The van der Waals surface area contributed by atoms with Crippen LogP contribution < -0.4 is 10.1 Å². The number of ether oxygens (including phenoxy) is 1. The van der Waals surface area contributed by atoms with Gasteiger partial charge in [-0.25, -0.2) is 4.99 Å². The summed E-state index contributed by atoms with van der Waals surface area (Å²) >= 11 is 0. The van der Waals surface area contributed by atoms with Crippen molar-refractivity contribution in [1.82, 2.24) is 5.32 Å². The minimum Gasteiger partial charge on any atom is -0.493 e. The number of nitrogens with zero attached hydrogens (tertiary/aromatic N) is 1. The average Bonchev–Trinajstić information content (AvgIpc) is 2.92. The van der Waals surface area contributed by atoms with Crippen molar-refractivity contribution in [1.29, 1.82) is 0 Å². The lowest BCUT2D eigenvalue weighted by Gasteiger charge is -2.05. The molecule has 4 heteroatoms. The molecule has 0 saturated carbocycles. The second kappa shape index (κ2) is 7.13. The van der Waals surface area contributed by atoms with Crippen molar-refractivity contribution in [2.45, 2.75) is 20.3 Å². The second-order valence-electron chi connectivity index (χ2n) is 5.81. The van der Waals surface area contributed by atoms with Gasteiger partial charge in [0.1, 0.15) is 17.3 Å². The number of benzene rings is 2. The van der Waals surface area contributed by atoms with Gasteiger partial charge in [0.25, 0.3) is 5.91 Å². The smallest absolute Gasteiger partial charge is 0.275 e. The van der Waals surface area contributed by atoms with Crippen LogP contribution in [-0.4, -0.2) is 18.3 Å². The van der Waals surface area contributed by atoms with Crippen LogP contribution >= 0.6 is 0 Å². The van der Waals surface area contributed by atoms with Gasteiger partial charge in [0, 0.05) is 6.42 Å². The van der Waals surface area contributed by atoms with Crippen LogP contribution in [0.25, 0.3) is 6.08 Å². The molecular formula is C20H20N2O2. The molecule has 1 heterocycles. The van der Waals surface area contributed by atoms with E-state index < -0.39 is 0 Å². The summed E-state index contributed by atoms with van der Waals surface area (Å²) in [6.07, 6.45) is 2.40. The highest BCUT2D eigenvalue weighted by Gasteiger charge is 2.19. The van der Waals surface area contributed by atoms with Crippen LogP contribution in [0.2, 0.25) is 0 Å². The van der Waals surface area contributed by atoms with Crippen LogP contribution in [0.3, 0.4) is 0 Å². The molecule has 1 N–H and O–H groups in total. The molecule has 0 saturated heterocycles. The number of nitrogens with one attached hydrogen (secondary N) is 1. The Morgan fingerprint density at radius 3 is 2.71 bits per heavy atom. The van der Waals surface area contributed by atoms with E-state index in [2.05, 4.69) is 22.4 Å². The molecule has 1 aliphatic rings. The molecule has 24 heavy (non-hydrogen) atoms. The number of aliphatic imine (C=N–C) groups is 1. The summed E-state index contributed by atoms with van der Waals surface area (Å²) in [7, 11) is 0. The van der Waals surface area contributed by atoms with Crippen LogP contribution in [0.1, 0.15) is 23.1 Å². The Balaban J connectivity index is 1.66. The van der Waals surface area contributed by atoms with Gasteiger partial charge < -0.3 is 10.1 Å². The number of carbonyl (C=O) groups excluding carboxylic acids is 1. The molecule has 2 aromatic rings. The lowest BCUT2D eigenvalue weighted by atomic mass is 10.0. The third kappa shape index (κ3) is 3.90. The number of amidine groups is 1. The van der Waals surface area contributed by atoms with Crippen LogP contribution in [0, 0.1) is 13.8 Å². The third-order valence-corrected chi connectivity index (χ3v) is 3.82. The first kappa shape index (κ1) is 16.0. The number of rotatable bonds is 5. The number of hydrogen-bond donors (Lipinski definition) is 1. The Kier molecular flexibility index (Phi) is 4.75. The number of amides is 1. The van der Waals surface area contributed by atoms with Gasteiger partial charge in [-0.1, -0.05) is 42.0 Å². The molecule has 2 aromatic carbocycles. The van der Waals surface area contributed by atoms with Gasteiger partial charge in [0.2, 0.25) is 0 Å². The zero-order valence-electron chi connectivity index (χ0n) is 13.9. The molecule has 0 fully saturated rings. The van der Waals surface area contributed by atoms with Gasteiger partial charge >= 0.3 is 0 Å². The van der Waals surface area contributed by atoms with E-state index in [1.807, 2.05) is 56.3 Å². The molecule has 0 bridgehead atoms. The summed E-state index contributed by atoms with van der Waals surface area (Å²) in [4.78, 5) is 16.5. The molecule has 4 nitrogen and oxygen atoms in total. The fourth-order valence-corrected chi connectivity index (χ4v) is 2.48. The maximum Gasteiger partial charge on any atom is 0.275 e. The van der Waals surface area contributed by atoms with Crippen LogP contribution in [0.5, 0.6) is 5.75 Å². The molecule has 1 amide bonds. The first-order valence-corrected chi connectivity index (χ1v) is 7.97. The van der Waals surface area contributed by atoms with E-state index in [0.29, 0.717) is 24.6 Å². The van der Waals surface area contributed by atoms with Crippen molar-refractivity contribution in [2.24, 2.45) is 4.99 Å². The van der Waals surface area contributed by atoms with Crippen molar-refractivity contribution in [3.63, 3.8) is 0 Å². The second-order valence-corrected chi connectivity index (χ2v) is 5.81. The summed E-state index contributed by atoms with van der Waals surface area (Å²) in [6, 6.07) is 15.8. The summed E-state index contributed by atoms with van der Waals surface area (Å²) in [6.45, 7) is 4.53. The summed E-state index contributed by atoms with van der Waals surface area (Å²) in [5.74, 6) is 1.30. The molecule has 0 atom stereocenters. The molecule has 122 valence electrons. The highest BCUT2D eigenvalue weighted by Crippen LogP contribution is 2.18. The number of aryl methyl sites for hydroxylation is 2. The lowest BCUT2D eigenvalue weighted by molar-refractivity contribution is -0.115. The summed E-state index contributed by atoms with van der Waals surface area (Å²) in [5, 5.41) is 2.81. The fraction of sp³-hybridized carbons (Fsp3) is 0.200. The number of carbonyl (C=O) groups is 1. The predicted molar refractivity (Wildman–Crippen MR) is 96.0 cm³/mol. The Labute approximate surface area is 141 Å². The van der Waals surface area contributed by atoms with E-state index in [0.717, 1.165) is 22.4 Å². The quantitative estimate of drug-likeness (QED) is 0.855. The predicted octanol–water partition coefficient (Wildman–Crippen LogP) is 3.64. The highest BCUT2D eigenvalue weighted by molar-refractivity contribution is 6.14. The molecule has 1 aliphatic heterocycles. The molecule has 0 aromatic heterocycles. The van der Waals surface area contributed by atoms with E-state index in [1.165, 1.54) is 0 Å². The number of para-hydroxylation sites is 1. The van der Waals surface area contributed by atoms with Crippen LogP contribution in [0.15, 0.2) is 59.2 Å². The van der Waals surface area contributed by atoms with E-state index in [4.69, 9.17) is 4.74 Å². The molecule has 3 rings (SSSR count). The normalized spacial score (nSPS) is 15.3. The van der Waals surface area contributed by atoms with E-state index in [1.54, 1.807) is 0 Å². The lowest BCUT2D eigenvalue weighted by Crippen LogP contribution is -2.25. The zero-order valence-corrected chi connectivity index (χ0v) is 13.9.